The molecule has 0 aliphatic carbocycles. The molecule has 0 bridgehead atoms. The molecule has 0 radical (unpaired) electrons. The van der Waals surface area contributed by atoms with Gasteiger partial charge in [0.15, 0.2) is 17.0 Å². The lowest BCUT2D eigenvalue weighted by Crippen LogP contribution is -2.52. The molecule has 3 aromatic carbocycles. The van der Waals surface area contributed by atoms with Crippen LogP contribution in [0.15, 0.2) is 77.8 Å². The minimum absolute atomic E-state index is 0.0808. The Hall–Kier alpha value is -4.08. The fourth-order valence-corrected chi connectivity index (χ4v) is 4.10. The zero-order valence-corrected chi connectivity index (χ0v) is 21.6. The molecule has 9 heteroatoms. The molecular formula is C29H33N3O6. The number of nitrogens with one attached hydrogen (secondary N) is 2. The van der Waals surface area contributed by atoms with Crippen molar-refractivity contribution in [2.45, 2.75) is 24.9 Å². The van der Waals surface area contributed by atoms with Crippen LogP contribution in [0, 0.1) is 0 Å². The lowest BCUT2D eigenvalue weighted by atomic mass is 9.91. The number of hydrogen-bond donors (Lipinski definition) is 3. The van der Waals surface area contributed by atoms with E-state index >= 15 is 0 Å². The van der Waals surface area contributed by atoms with Crippen molar-refractivity contribution in [2.24, 2.45) is 4.99 Å². The average Bonchev–Trinajstić information content (AvgIpc) is 3.39. The Labute approximate surface area is 222 Å². The Balaban J connectivity index is 1.48. The molecule has 200 valence electrons. The molecule has 3 N–H and O–H groups in total. The van der Waals surface area contributed by atoms with Gasteiger partial charge < -0.3 is 24.1 Å². The summed E-state index contributed by atoms with van der Waals surface area (Å²) in [5, 5.41) is 8.93. The van der Waals surface area contributed by atoms with Crippen molar-refractivity contribution in [1.82, 2.24) is 10.9 Å². The number of carbonyl (C=O) groups excluding carboxylic acids is 1. The third-order valence-corrected chi connectivity index (χ3v) is 6.14. The molecule has 38 heavy (non-hydrogen) atoms. The van der Waals surface area contributed by atoms with Crippen LogP contribution in [0.4, 0.5) is 0 Å². The molecule has 0 saturated heterocycles. The van der Waals surface area contributed by atoms with Crippen molar-refractivity contribution in [1.29, 1.82) is 0 Å². The molecule has 3 aromatic rings. The Morgan fingerprint density at radius 3 is 2.47 bits per heavy atom. The maximum atomic E-state index is 13.5. The molecule has 1 amide bonds. The van der Waals surface area contributed by atoms with Crippen LogP contribution in [0.2, 0.25) is 0 Å². The highest BCUT2D eigenvalue weighted by atomic mass is 16.5. The zero-order valence-electron chi connectivity index (χ0n) is 21.6. The minimum Gasteiger partial charge on any atom is -0.494 e. The molecule has 9 nitrogen and oxygen atoms in total. The molecular weight excluding hydrogens is 486 g/mol. The van der Waals surface area contributed by atoms with Crippen LogP contribution in [0.5, 0.6) is 17.2 Å². The molecule has 4 rings (SSSR count). The third-order valence-electron chi connectivity index (χ3n) is 6.14. The van der Waals surface area contributed by atoms with Crippen LogP contribution in [0.25, 0.3) is 0 Å². The molecule has 0 spiro atoms. The van der Waals surface area contributed by atoms with E-state index in [9.17, 15) is 4.79 Å². The monoisotopic (exact) mass is 519 g/mol. The zero-order chi connectivity index (χ0) is 26.8. The highest BCUT2D eigenvalue weighted by Crippen LogP contribution is 2.29. The Kier molecular flexibility index (Phi) is 9.18. The highest BCUT2D eigenvalue weighted by Gasteiger charge is 2.44. The molecule has 1 aliphatic rings. The van der Waals surface area contributed by atoms with Crippen LogP contribution in [-0.2, 0) is 22.5 Å². The first-order valence-electron chi connectivity index (χ1n) is 12.4. The number of methoxy groups -OCH3 is 2. The summed E-state index contributed by atoms with van der Waals surface area (Å²) in [6, 6.07) is 22.6. The number of aliphatic hydroxyl groups excluding tert-OH is 1. The number of benzene rings is 3. The number of aliphatic imine (C=N–C) groups is 1. The van der Waals surface area contributed by atoms with Crippen molar-refractivity contribution in [3.05, 3.63) is 89.5 Å². The maximum Gasteiger partial charge on any atom is 0.266 e. The average molecular weight is 520 g/mol. The standard InChI is InChI=1S/C29H33N3O6/c1-35-25-14-9-22(17-26(25)36-2)19-30-32-28(34)29(18-21-7-4-3-5-8-21)20-38-27(31-29)23-10-12-24(13-11-23)37-16-6-15-33/h3-5,7-14,17,30,33H,6,15-16,18-20H2,1-2H3,(H,32,34)/t29-/m0/s1. The molecule has 0 saturated carbocycles. The second-order valence-corrected chi connectivity index (χ2v) is 8.85. The quantitative estimate of drug-likeness (QED) is 0.235. The van der Waals surface area contributed by atoms with E-state index in [0.717, 1.165) is 16.7 Å². The summed E-state index contributed by atoms with van der Waals surface area (Å²) in [6.45, 7) is 1.000. The maximum absolute atomic E-state index is 13.5. The second kappa shape index (κ2) is 12.9. The molecule has 1 atom stereocenters. The fraction of sp³-hybridized carbons (Fsp3) is 0.310. The number of carbonyl (C=O) groups is 1. The predicted octanol–water partition coefficient (Wildman–Crippen LogP) is 3.04. The van der Waals surface area contributed by atoms with E-state index in [4.69, 9.17) is 29.0 Å². The minimum atomic E-state index is -1.14. The van der Waals surface area contributed by atoms with E-state index in [2.05, 4.69) is 10.9 Å². The lowest BCUT2D eigenvalue weighted by Gasteiger charge is -2.23. The number of ether oxygens (including phenoxy) is 4. The number of rotatable bonds is 13. The Bertz CT molecular complexity index is 1230. The number of hydrogen-bond acceptors (Lipinski definition) is 8. The van der Waals surface area contributed by atoms with E-state index in [1.54, 1.807) is 14.2 Å². The van der Waals surface area contributed by atoms with Gasteiger partial charge in [-0.2, -0.15) is 0 Å². The summed E-state index contributed by atoms with van der Waals surface area (Å²) >= 11 is 0. The summed E-state index contributed by atoms with van der Waals surface area (Å²) in [6.07, 6.45) is 0.943. The van der Waals surface area contributed by atoms with Gasteiger partial charge in [-0.15, -0.1) is 0 Å². The molecule has 1 heterocycles. The van der Waals surface area contributed by atoms with Crippen LogP contribution >= 0.6 is 0 Å². The SMILES string of the molecule is COc1ccc(CNNC(=O)[C@]2(Cc3ccccc3)COC(c3ccc(OCCCO)cc3)=N2)cc1OC. The van der Waals surface area contributed by atoms with Gasteiger partial charge in [-0.1, -0.05) is 36.4 Å². The Morgan fingerprint density at radius 2 is 1.76 bits per heavy atom. The summed E-state index contributed by atoms with van der Waals surface area (Å²) in [5.74, 6) is 2.05. The van der Waals surface area contributed by atoms with Gasteiger partial charge in [-0.25, -0.2) is 10.4 Å². The largest absolute Gasteiger partial charge is 0.494 e. The second-order valence-electron chi connectivity index (χ2n) is 8.85. The van der Waals surface area contributed by atoms with Crippen LogP contribution < -0.4 is 25.1 Å². The van der Waals surface area contributed by atoms with E-state index in [0.29, 0.717) is 49.1 Å². The van der Waals surface area contributed by atoms with Gasteiger partial charge in [-0.05, 0) is 47.5 Å². The van der Waals surface area contributed by atoms with E-state index in [1.165, 1.54) is 0 Å². The van der Waals surface area contributed by atoms with Crippen LogP contribution in [-0.4, -0.2) is 56.5 Å². The van der Waals surface area contributed by atoms with Crippen molar-refractivity contribution in [3.8, 4) is 17.2 Å². The van der Waals surface area contributed by atoms with Gasteiger partial charge in [0.1, 0.15) is 12.4 Å². The number of nitrogens with zero attached hydrogens (tertiary/aromatic N) is 1. The molecule has 0 fully saturated rings. The van der Waals surface area contributed by atoms with Gasteiger partial charge in [0, 0.05) is 31.6 Å². The fourth-order valence-electron chi connectivity index (χ4n) is 4.10. The smallest absolute Gasteiger partial charge is 0.266 e. The van der Waals surface area contributed by atoms with Crippen LogP contribution in [0.3, 0.4) is 0 Å². The van der Waals surface area contributed by atoms with Gasteiger partial charge >= 0.3 is 0 Å². The number of hydrazine groups is 1. The first kappa shape index (κ1) is 27.0. The van der Waals surface area contributed by atoms with E-state index in [1.807, 2.05) is 72.8 Å². The molecule has 1 aliphatic heterocycles. The summed E-state index contributed by atoms with van der Waals surface area (Å²) in [7, 11) is 3.17. The van der Waals surface area contributed by atoms with Gasteiger partial charge in [0.25, 0.3) is 5.91 Å². The van der Waals surface area contributed by atoms with Crippen molar-refractivity contribution >= 4 is 11.8 Å². The van der Waals surface area contributed by atoms with E-state index in [-0.39, 0.29) is 19.1 Å². The first-order valence-corrected chi connectivity index (χ1v) is 12.4. The third kappa shape index (κ3) is 6.62. The van der Waals surface area contributed by atoms with Crippen molar-refractivity contribution < 1.29 is 28.8 Å². The van der Waals surface area contributed by atoms with Crippen molar-refractivity contribution in [2.75, 3.05) is 34.0 Å². The number of aliphatic hydroxyl groups is 1. The Morgan fingerprint density at radius 1 is 1.00 bits per heavy atom. The van der Waals surface area contributed by atoms with Gasteiger partial charge in [0.05, 0.1) is 20.8 Å². The first-order chi connectivity index (χ1) is 18.6. The number of amides is 1. The van der Waals surface area contributed by atoms with Gasteiger partial charge in [-0.3, -0.25) is 10.2 Å². The summed E-state index contributed by atoms with van der Waals surface area (Å²) in [5.41, 5.74) is 7.33. The van der Waals surface area contributed by atoms with Crippen molar-refractivity contribution in [3.63, 3.8) is 0 Å². The highest BCUT2D eigenvalue weighted by molar-refractivity contribution is 6.00. The summed E-state index contributed by atoms with van der Waals surface area (Å²) < 4.78 is 22.2. The van der Waals surface area contributed by atoms with E-state index < -0.39 is 5.54 Å². The predicted molar refractivity (Wildman–Crippen MR) is 144 cm³/mol. The van der Waals surface area contributed by atoms with Gasteiger partial charge in [0.2, 0.25) is 5.90 Å². The summed E-state index contributed by atoms with van der Waals surface area (Å²) in [4.78, 5) is 18.3. The topological polar surface area (TPSA) is 111 Å². The van der Waals surface area contributed by atoms with Crippen LogP contribution in [0.1, 0.15) is 23.1 Å². The molecule has 0 aromatic heterocycles. The normalized spacial score (nSPS) is 16.3. The molecule has 0 unspecified atom stereocenters. The lowest BCUT2D eigenvalue weighted by molar-refractivity contribution is -0.127.